The maximum Gasteiger partial charge on any atom is 0.296 e. The Hall–Kier alpha value is -2.28. The van der Waals surface area contributed by atoms with Crippen molar-refractivity contribution in [3.8, 4) is 0 Å². The van der Waals surface area contributed by atoms with E-state index in [9.17, 15) is 4.79 Å². The van der Waals surface area contributed by atoms with E-state index in [-0.39, 0.29) is 10.3 Å². The number of aromatic nitrogens is 3. The van der Waals surface area contributed by atoms with Crippen molar-refractivity contribution >= 4 is 24.1 Å². The molecule has 0 saturated carbocycles. The monoisotopic (exact) mass is 317 g/mol. The van der Waals surface area contributed by atoms with Crippen LogP contribution in [0.3, 0.4) is 0 Å². The number of rotatable bonds is 5. The Morgan fingerprint density at radius 1 is 1.32 bits per heavy atom. The smallest absolute Gasteiger partial charge is 0.296 e. The molecule has 2 rings (SSSR count). The highest BCUT2D eigenvalue weighted by Crippen LogP contribution is 2.13. The molecule has 0 amide bonds. The van der Waals surface area contributed by atoms with E-state index in [0.717, 1.165) is 29.0 Å². The predicted molar refractivity (Wildman–Crippen MR) is 91.4 cm³/mol. The Balaban J connectivity index is 2.27. The Labute approximate surface area is 134 Å². The lowest BCUT2D eigenvalue weighted by atomic mass is 10.2. The van der Waals surface area contributed by atoms with Gasteiger partial charge in [-0.3, -0.25) is 9.89 Å². The van der Waals surface area contributed by atoms with Gasteiger partial charge in [-0.2, -0.15) is 14.9 Å². The van der Waals surface area contributed by atoms with Crippen LogP contribution in [-0.4, -0.2) is 34.2 Å². The maximum absolute atomic E-state index is 11.9. The van der Waals surface area contributed by atoms with Crippen molar-refractivity contribution in [2.75, 3.05) is 18.0 Å². The second-order valence-corrected chi connectivity index (χ2v) is 5.13. The fourth-order valence-corrected chi connectivity index (χ4v) is 2.24. The van der Waals surface area contributed by atoms with E-state index in [2.05, 4.69) is 34.0 Å². The summed E-state index contributed by atoms with van der Waals surface area (Å²) in [5.74, 6) is 0. The average molecular weight is 317 g/mol. The summed E-state index contributed by atoms with van der Waals surface area (Å²) in [7, 11) is 0. The van der Waals surface area contributed by atoms with Crippen molar-refractivity contribution in [1.29, 1.82) is 0 Å². The largest absolute Gasteiger partial charge is 0.372 e. The summed E-state index contributed by atoms with van der Waals surface area (Å²) in [5, 5.41) is 10.5. The molecule has 22 heavy (non-hydrogen) atoms. The Morgan fingerprint density at radius 2 is 1.95 bits per heavy atom. The Morgan fingerprint density at radius 3 is 2.55 bits per heavy atom. The van der Waals surface area contributed by atoms with Crippen LogP contribution in [0, 0.1) is 11.7 Å². The molecule has 1 aromatic carbocycles. The third kappa shape index (κ3) is 3.48. The van der Waals surface area contributed by atoms with Crippen LogP contribution in [0.5, 0.6) is 0 Å². The van der Waals surface area contributed by atoms with E-state index in [1.807, 2.05) is 24.3 Å². The van der Waals surface area contributed by atoms with Gasteiger partial charge in [0.1, 0.15) is 5.69 Å². The van der Waals surface area contributed by atoms with Crippen molar-refractivity contribution in [3.63, 3.8) is 0 Å². The first-order chi connectivity index (χ1) is 10.6. The molecule has 0 spiro atoms. The number of nitrogens with zero attached hydrogens (tertiary/aromatic N) is 4. The average Bonchev–Trinajstić information content (AvgIpc) is 2.53. The summed E-state index contributed by atoms with van der Waals surface area (Å²) in [6, 6.07) is 8.00. The van der Waals surface area contributed by atoms with Crippen LogP contribution in [0.15, 0.2) is 34.2 Å². The number of hydrogen-bond donors (Lipinski definition) is 1. The van der Waals surface area contributed by atoms with Crippen LogP contribution in [0.2, 0.25) is 0 Å². The number of anilines is 1. The first-order valence-corrected chi connectivity index (χ1v) is 7.55. The second-order valence-electron chi connectivity index (χ2n) is 4.74. The van der Waals surface area contributed by atoms with Crippen molar-refractivity contribution in [3.05, 3.63) is 50.6 Å². The summed E-state index contributed by atoms with van der Waals surface area (Å²) in [4.78, 5) is 14.2. The van der Waals surface area contributed by atoms with E-state index in [1.54, 1.807) is 13.1 Å². The molecule has 0 unspecified atom stereocenters. The topological polar surface area (TPSA) is 66.3 Å². The van der Waals surface area contributed by atoms with Gasteiger partial charge in [0.25, 0.3) is 5.56 Å². The van der Waals surface area contributed by atoms with Gasteiger partial charge in [-0.1, -0.05) is 12.1 Å². The standard InChI is InChI=1S/C15H19N5OS/c1-4-19(5-2)13-8-6-12(7-9-13)10-16-20-14(21)11(3)17-18-15(20)22/h6-10H,4-5H2,1-3H3,(H,18,22)/b16-10-. The minimum atomic E-state index is -0.320. The summed E-state index contributed by atoms with van der Waals surface area (Å²) in [5.41, 5.74) is 2.06. The number of nitrogens with one attached hydrogen (secondary N) is 1. The number of hydrogen-bond acceptors (Lipinski definition) is 5. The second kappa shape index (κ2) is 7.13. The maximum atomic E-state index is 11.9. The quantitative estimate of drug-likeness (QED) is 0.679. The van der Waals surface area contributed by atoms with Gasteiger partial charge in [0.2, 0.25) is 4.77 Å². The van der Waals surface area contributed by atoms with Gasteiger partial charge in [-0.05, 0) is 50.7 Å². The predicted octanol–water partition coefficient (Wildman–Crippen LogP) is 2.34. The number of aryl methyl sites for hydroxylation is 1. The molecule has 116 valence electrons. The summed E-state index contributed by atoms with van der Waals surface area (Å²) >= 11 is 5.03. The summed E-state index contributed by atoms with van der Waals surface area (Å²) < 4.78 is 1.31. The van der Waals surface area contributed by atoms with Crippen molar-refractivity contribution in [2.45, 2.75) is 20.8 Å². The molecule has 1 heterocycles. The van der Waals surface area contributed by atoms with E-state index in [0.29, 0.717) is 5.69 Å². The van der Waals surface area contributed by atoms with Crippen molar-refractivity contribution < 1.29 is 0 Å². The van der Waals surface area contributed by atoms with Crippen LogP contribution >= 0.6 is 12.2 Å². The van der Waals surface area contributed by atoms with Crippen LogP contribution in [0.1, 0.15) is 25.1 Å². The fourth-order valence-electron chi connectivity index (χ4n) is 2.06. The van der Waals surface area contributed by atoms with E-state index < -0.39 is 0 Å². The van der Waals surface area contributed by atoms with Gasteiger partial charge >= 0.3 is 0 Å². The van der Waals surface area contributed by atoms with E-state index in [1.165, 1.54) is 0 Å². The van der Waals surface area contributed by atoms with Gasteiger partial charge in [0.05, 0.1) is 6.21 Å². The molecule has 1 aromatic heterocycles. The first kappa shape index (κ1) is 16.1. The minimum absolute atomic E-state index is 0.173. The molecule has 0 radical (unpaired) electrons. The molecule has 0 aliphatic carbocycles. The number of benzene rings is 1. The molecule has 0 aliphatic rings. The molecule has 0 fully saturated rings. The van der Waals surface area contributed by atoms with Crippen LogP contribution in [-0.2, 0) is 0 Å². The summed E-state index contributed by atoms with van der Waals surface area (Å²) in [6.45, 7) is 7.78. The molecule has 0 aliphatic heterocycles. The van der Waals surface area contributed by atoms with Crippen molar-refractivity contribution in [1.82, 2.24) is 14.9 Å². The zero-order chi connectivity index (χ0) is 16.1. The van der Waals surface area contributed by atoms with E-state index >= 15 is 0 Å². The highest BCUT2D eigenvalue weighted by molar-refractivity contribution is 7.71. The molecule has 6 nitrogen and oxygen atoms in total. The van der Waals surface area contributed by atoms with Gasteiger partial charge in [0, 0.05) is 18.8 Å². The van der Waals surface area contributed by atoms with Gasteiger partial charge in [-0.15, -0.1) is 0 Å². The van der Waals surface area contributed by atoms with Crippen LogP contribution in [0.4, 0.5) is 5.69 Å². The molecule has 2 aromatic rings. The first-order valence-electron chi connectivity index (χ1n) is 7.14. The Bertz CT molecular complexity index is 772. The number of aromatic amines is 1. The molecule has 1 N–H and O–H groups in total. The lowest BCUT2D eigenvalue weighted by molar-refractivity contribution is 0.720. The molecule has 0 saturated heterocycles. The molecule has 7 heteroatoms. The van der Waals surface area contributed by atoms with Crippen LogP contribution in [0.25, 0.3) is 0 Å². The van der Waals surface area contributed by atoms with Gasteiger partial charge < -0.3 is 4.90 Å². The zero-order valence-electron chi connectivity index (χ0n) is 12.9. The van der Waals surface area contributed by atoms with Gasteiger partial charge in [-0.25, -0.2) is 0 Å². The molecular weight excluding hydrogens is 298 g/mol. The molecule has 0 bridgehead atoms. The Kier molecular flexibility index (Phi) is 5.21. The fraction of sp³-hybridized carbons (Fsp3) is 0.333. The molecule has 0 atom stereocenters. The lowest BCUT2D eigenvalue weighted by Crippen LogP contribution is -2.22. The van der Waals surface area contributed by atoms with E-state index in [4.69, 9.17) is 12.2 Å². The minimum Gasteiger partial charge on any atom is -0.372 e. The third-order valence-electron chi connectivity index (χ3n) is 3.36. The summed E-state index contributed by atoms with van der Waals surface area (Å²) in [6.07, 6.45) is 1.61. The third-order valence-corrected chi connectivity index (χ3v) is 3.62. The lowest BCUT2D eigenvalue weighted by Gasteiger charge is -2.20. The zero-order valence-corrected chi connectivity index (χ0v) is 13.7. The number of H-pyrrole nitrogens is 1. The highest BCUT2D eigenvalue weighted by atomic mass is 32.1. The normalized spacial score (nSPS) is 11.0. The van der Waals surface area contributed by atoms with Gasteiger partial charge in [0.15, 0.2) is 0 Å². The van der Waals surface area contributed by atoms with Crippen LogP contribution < -0.4 is 10.5 Å². The van der Waals surface area contributed by atoms with Crippen molar-refractivity contribution in [2.24, 2.45) is 5.10 Å². The SMILES string of the molecule is CCN(CC)c1ccc(/C=N\n2c(=S)[nH]nc(C)c2=O)cc1. The highest BCUT2D eigenvalue weighted by Gasteiger charge is 2.02. The molecular formula is C15H19N5OS.